The highest BCUT2D eigenvalue weighted by molar-refractivity contribution is 7.31. The number of benzene rings is 5. The first-order valence-electron chi connectivity index (χ1n) is 14.6. The number of rotatable bonds is 4. The summed E-state index contributed by atoms with van der Waals surface area (Å²) in [6.07, 6.45) is 0. The van der Waals surface area contributed by atoms with Crippen molar-refractivity contribution >= 4 is 72.3 Å². The lowest BCUT2D eigenvalue weighted by atomic mass is 9.47. The second kappa shape index (κ2) is 10.3. The number of nitrogens with zero attached hydrogens (tertiary/aromatic N) is 4. The lowest BCUT2D eigenvalue weighted by Gasteiger charge is -2.35. The molecule has 0 saturated heterocycles. The molecule has 206 valence electrons. The molecule has 4 nitrogen and oxygen atoms in total. The van der Waals surface area contributed by atoms with Crippen LogP contribution in [0.3, 0.4) is 0 Å². The molecule has 3 aromatic heterocycles. The van der Waals surface area contributed by atoms with E-state index in [2.05, 4.69) is 108 Å². The standard InChI is InChI=1S/C37H23BN4S2/c1-4-14-24(15-5-1)35-39-36(25-16-6-2-7-17-25)41-37(40-35)42-32-28-21-11-13-23-30(28)44-34(32)33-31(27-20-10-12-22-29(27)43-33)38(42)26-18-8-3-9-19-26/h1-23H. The van der Waals surface area contributed by atoms with Crippen LogP contribution in [0.5, 0.6) is 0 Å². The van der Waals surface area contributed by atoms with Gasteiger partial charge < -0.3 is 4.81 Å². The van der Waals surface area contributed by atoms with E-state index < -0.39 is 0 Å². The number of thiophene rings is 2. The molecule has 5 aromatic carbocycles. The van der Waals surface area contributed by atoms with Crippen molar-refractivity contribution in [2.45, 2.75) is 0 Å². The summed E-state index contributed by atoms with van der Waals surface area (Å²) in [5, 5.41) is 2.48. The van der Waals surface area contributed by atoms with E-state index in [4.69, 9.17) is 15.0 Å². The third kappa shape index (κ3) is 4.01. The van der Waals surface area contributed by atoms with Gasteiger partial charge in [-0.25, -0.2) is 4.98 Å². The van der Waals surface area contributed by atoms with Crippen LogP contribution < -0.4 is 15.7 Å². The van der Waals surface area contributed by atoms with Gasteiger partial charge in [-0.1, -0.05) is 133 Å². The van der Waals surface area contributed by atoms with Crippen molar-refractivity contribution in [1.29, 1.82) is 0 Å². The predicted molar refractivity (Wildman–Crippen MR) is 187 cm³/mol. The maximum absolute atomic E-state index is 5.26. The number of hydrogen-bond acceptors (Lipinski definition) is 6. The smallest absolute Gasteiger partial charge is 0.333 e. The van der Waals surface area contributed by atoms with Crippen LogP contribution in [-0.2, 0) is 0 Å². The summed E-state index contributed by atoms with van der Waals surface area (Å²) in [5.74, 6) is 1.95. The molecule has 1 aliphatic rings. The lowest BCUT2D eigenvalue weighted by Crippen LogP contribution is -2.57. The Morgan fingerprint density at radius 2 is 0.977 bits per heavy atom. The zero-order chi connectivity index (χ0) is 29.0. The molecule has 0 aliphatic carbocycles. The summed E-state index contributed by atoms with van der Waals surface area (Å²) in [4.78, 5) is 20.5. The summed E-state index contributed by atoms with van der Waals surface area (Å²) in [5.41, 5.74) is 5.57. The van der Waals surface area contributed by atoms with Crippen LogP contribution in [0.4, 0.5) is 11.6 Å². The van der Waals surface area contributed by atoms with Gasteiger partial charge in [-0.3, -0.25) is 0 Å². The second-order valence-corrected chi connectivity index (χ2v) is 12.9. The van der Waals surface area contributed by atoms with Crippen LogP contribution in [0, 0.1) is 0 Å². The van der Waals surface area contributed by atoms with Crippen LogP contribution in [0.15, 0.2) is 140 Å². The fourth-order valence-electron chi connectivity index (χ4n) is 6.26. The number of fused-ring (bicyclic) bond motifs is 7. The van der Waals surface area contributed by atoms with Crippen molar-refractivity contribution in [2.75, 3.05) is 4.81 Å². The Balaban J connectivity index is 1.41. The highest BCUT2D eigenvalue weighted by Crippen LogP contribution is 2.52. The Hall–Kier alpha value is -5.11. The molecule has 44 heavy (non-hydrogen) atoms. The van der Waals surface area contributed by atoms with E-state index in [1.807, 2.05) is 59.1 Å². The minimum atomic E-state index is -0.137. The molecule has 4 heterocycles. The monoisotopic (exact) mass is 598 g/mol. The molecule has 7 heteroatoms. The van der Waals surface area contributed by atoms with Crippen LogP contribution in [-0.4, -0.2) is 21.8 Å². The van der Waals surface area contributed by atoms with E-state index in [-0.39, 0.29) is 6.85 Å². The van der Waals surface area contributed by atoms with Gasteiger partial charge in [-0.05, 0) is 23.0 Å². The average Bonchev–Trinajstić information content (AvgIpc) is 3.68. The SMILES string of the molecule is c1ccc(B2c3c(sc4ccccc34)-c3sc4ccccc4c3N2c2nc(-c3ccccc3)nc(-c3ccccc3)n2)cc1. The Morgan fingerprint density at radius 1 is 0.477 bits per heavy atom. The van der Waals surface area contributed by atoms with Crippen molar-refractivity contribution in [3.8, 4) is 32.5 Å². The maximum Gasteiger partial charge on any atom is 0.333 e. The predicted octanol–water partition coefficient (Wildman–Crippen LogP) is 8.56. The van der Waals surface area contributed by atoms with E-state index in [0.717, 1.165) is 16.8 Å². The van der Waals surface area contributed by atoms with Crippen molar-refractivity contribution in [3.05, 3.63) is 140 Å². The molecule has 0 atom stereocenters. The van der Waals surface area contributed by atoms with Gasteiger partial charge >= 0.3 is 6.85 Å². The summed E-state index contributed by atoms with van der Waals surface area (Å²) >= 11 is 3.74. The second-order valence-electron chi connectivity index (χ2n) is 10.8. The zero-order valence-electron chi connectivity index (χ0n) is 23.5. The lowest BCUT2D eigenvalue weighted by molar-refractivity contribution is 1.04. The minimum Gasteiger partial charge on any atom is -0.344 e. The number of hydrogen-bond donors (Lipinski definition) is 0. The van der Waals surface area contributed by atoms with E-state index in [1.54, 1.807) is 0 Å². The molecule has 0 amide bonds. The third-order valence-corrected chi connectivity index (χ3v) is 10.7. The molecule has 1 aliphatic heterocycles. The largest absolute Gasteiger partial charge is 0.344 e. The molecule has 0 bridgehead atoms. The fourth-order valence-corrected chi connectivity index (χ4v) is 8.83. The molecular weight excluding hydrogens is 575 g/mol. The third-order valence-electron chi connectivity index (χ3n) is 8.20. The number of anilines is 2. The van der Waals surface area contributed by atoms with Crippen molar-refractivity contribution in [2.24, 2.45) is 0 Å². The molecule has 0 radical (unpaired) electrons. The van der Waals surface area contributed by atoms with Gasteiger partial charge in [-0.2, -0.15) is 9.97 Å². The van der Waals surface area contributed by atoms with Crippen LogP contribution >= 0.6 is 22.7 Å². The molecule has 0 saturated carbocycles. The first-order valence-corrected chi connectivity index (χ1v) is 16.2. The highest BCUT2D eigenvalue weighted by atomic mass is 32.1. The van der Waals surface area contributed by atoms with Crippen molar-refractivity contribution in [3.63, 3.8) is 0 Å². The van der Waals surface area contributed by atoms with Crippen LogP contribution in [0.1, 0.15) is 0 Å². The van der Waals surface area contributed by atoms with Gasteiger partial charge in [0.25, 0.3) is 0 Å². The molecule has 0 fully saturated rings. The maximum atomic E-state index is 5.26. The molecular formula is C37H23BN4S2. The Labute approximate surface area is 263 Å². The van der Waals surface area contributed by atoms with Crippen LogP contribution in [0.25, 0.3) is 52.7 Å². The summed E-state index contributed by atoms with van der Waals surface area (Å²) in [7, 11) is 0. The van der Waals surface area contributed by atoms with E-state index >= 15 is 0 Å². The van der Waals surface area contributed by atoms with E-state index in [0.29, 0.717) is 17.6 Å². The normalized spacial score (nSPS) is 12.5. The van der Waals surface area contributed by atoms with Gasteiger partial charge in [0.15, 0.2) is 11.6 Å². The topological polar surface area (TPSA) is 41.9 Å². The van der Waals surface area contributed by atoms with Gasteiger partial charge in [0.1, 0.15) is 0 Å². The molecule has 8 aromatic rings. The Kier molecular flexibility index (Phi) is 5.92. The van der Waals surface area contributed by atoms with Gasteiger partial charge in [0, 0.05) is 30.8 Å². The fraction of sp³-hybridized carbons (Fsp3) is 0. The zero-order valence-corrected chi connectivity index (χ0v) is 25.1. The molecule has 0 unspecified atom stereocenters. The minimum absolute atomic E-state index is 0.137. The Morgan fingerprint density at radius 3 is 1.61 bits per heavy atom. The summed E-state index contributed by atoms with van der Waals surface area (Å²) in [6, 6.07) is 48.7. The van der Waals surface area contributed by atoms with E-state index in [1.165, 1.54) is 40.9 Å². The Bertz CT molecular complexity index is 2240. The average molecular weight is 599 g/mol. The summed E-state index contributed by atoms with van der Waals surface area (Å²) < 4.78 is 2.54. The number of aromatic nitrogens is 3. The molecule has 9 rings (SSSR count). The summed E-state index contributed by atoms with van der Waals surface area (Å²) in [6.45, 7) is -0.137. The van der Waals surface area contributed by atoms with Gasteiger partial charge in [-0.15, -0.1) is 22.7 Å². The molecule has 0 spiro atoms. The quantitative estimate of drug-likeness (QED) is 0.190. The van der Waals surface area contributed by atoms with E-state index in [9.17, 15) is 0 Å². The van der Waals surface area contributed by atoms with Crippen molar-refractivity contribution in [1.82, 2.24) is 15.0 Å². The van der Waals surface area contributed by atoms with Gasteiger partial charge in [0.2, 0.25) is 5.95 Å². The molecule has 0 N–H and O–H groups in total. The van der Waals surface area contributed by atoms with Crippen LogP contribution in [0.2, 0.25) is 0 Å². The van der Waals surface area contributed by atoms with Crippen molar-refractivity contribution < 1.29 is 0 Å². The highest BCUT2D eigenvalue weighted by Gasteiger charge is 2.43. The first-order chi connectivity index (χ1) is 21.8. The van der Waals surface area contributed by atoms with Gasteiger partial charge in [0.05, 0.1) is 10.6 Å². The first kappa shape index (κ1) is 25.4.